The number of aromatic nitrogens is 5. The van der Waals surface area contributed by atoms with Crippen LogP contribution < -0.4 is 5.32 Å². The van der Waals surface area contributed by atoms with Crippen molar-refractivity contribution < 1.29 is 4.79 Å². The summed E-state index contributed by atoms with van der Waals surface area (Å²) in [5.41, 5.74) is 3.73. The fraction of sp³-hybridized carbons (Fsp3) is 0.286. The van der Waals surface area contributed by atoms with E-state index in [9.17, 15) is 4.79 Å². The van der Waals surface area contributed by atoms with Crippen LogP contribution >= 0.6 is 39.5 Å². The lowest BCUT2D eigenvalue weighted by Crippen LogP contribution is -2.15. The van der Waals surface area contributed by atoms with Crippen molar-refractivity contribution in [1.82, 2.24) is 24.7 Å². The number of carbonyl (C=O) groups is 1. The van der Waals surface area contributed by atoms with Gasteiger partial charge in [-0.3, -0.25) is 4.79 Å². The van der Waals surface area contributed by atoms with Gasteiger partial charge in [0.05, 0.1) is 17.2 Å². The van der Waals surface area contributed by atoms with E-state index in [1.165, 1.54) is 23.5 Å². The third-order valence-electron chi connectivity index (χ3n) is 4.13. The predicted octanol–water partition coefficient (Wildman–Crippen LogP) is 4.96. The number of hydrogen-bond acceptors (Lipinski definition) is 7. The molecule has 2 aromatic heterocycles. The Balaban J connectivity index is 1.64. The van der Waals surface area contributed by atoms with E-state index in [0.29, 0.717) is 22.6 Å². The largest absolute Gasteiger partial charge is 0.324 e. The highest BCUT2D eigenvalue weighted by atomic mass is 79.9. The second-order valence-corrected chi connectivity index (χ2v) is 9.58. The molecule has 162 valence electrons. The SMILES string of the molecule is C=CCn1c(CSc2nc(C)cc(C)n2)nnc1SCC(=O)Nc1ccc(C)cc1Br. The van der Waals surface area contributed by atoms with Gasteiger partial charge in [0.25, 0.3) is 0 Å². The lowest BCUT2D eigenvalue weighted by molar-refractivity contribution is -0.113. The Hall–Kier alpha value is -2.17. The topological polar surface area (TPSA) is 85.6 Å². The molecule has 0 bridgehead atoms. The Morgan fingerprint density at radius 3 is 2.58 bits per heavy atom. The number of anilines is 1. The Bertz CT molecular complexity index is 1080. The summed E-state index contributed by atoms with van der Waals surface area (Å²) >= 11 is 6.34. The molecular formula is C21H23BrN6OS2. The zero-order chi connectivity index (χ0) is 22.4. The number of benzene rings is 1. The first-order chi connectivity index (χ1) is 14.9. The number of amides is 1. The molecule has 0 atom stereocenters. The molecule has 1 amide bonds. The fourth-order valence-electron chi connectivity index (χ4n) is 2.77. The van der Waals surface area contributed by atoms with Crippen LogP contribution in [-0.4, -0.2) is 36.4 Å². The first-order valence-corrected chi connectivity index (χ1v) is 12.3. The maximum Gasteiger partial charge on any atom is 0.234 e. The molecule has 0 aliphatic rings. The highest BCUT2D eigenvalue weighted by molar-refractivity contribution is 9.10. The van der Waals surface area contributed by atoms with Gasteiger partial charge >= 0.3 is 0 Å². The van der Waals surface area contributed by atoms with Gasteiger partial charge in [-0.1, -0.05) is 35.7 Å². The van der Waals surface area contributed by atoms with Crippen LogP contribution in [0.25, 0.3) is 0 Å². The maximum atomic E-state index is 12.4. The van der Waals surface area contributed by atoms with Gasteiger partial charge in [-0.15, -0.1) is 16.8 Å². The van der Waals surface area contributed by atoms with Gasteiger partial charge in [0, 0.05) is 22.4 Å². The van der Waals surface area contributed by atoms with Crippen LogP contribution in [0.2, 0.25) is 0 Å². The Morgan fingerprint density at radius 1 is 1.16 bits per heavy atom. The van der Waals surface area contributed by atoms with E-state index in [-0.39, 0.29) is 11.7 Å². The average Bonchev–Trinajstić information content (AvgIpc) is 3.08. The second kappa shape index (κ2) is 10.9. The number of carbonyl (C=O) groups excluding carboxylic acids is 1. The van der Waals surface area contributed by atoms with Gasteiger partial charge in [0.15, 0.2) is 10.3 Å². The molecule has 0 aliphatic heterocycles. The molecular weight excluding hydrogens is 496 g/mol. The third-order valence-corrected chi connectivity index (χ3v) is 6.59. The van der Waals surface area contributed by atoms with Crippen molar-refractivity contribution in [1.29, 1.82) is 0 Å². The number of nitrogens with one attached hydrogen (secondary N) is 1. The lowest BCUT2D eigenvalue weighted by Gasteiger charge is -2.09. The molecule has 10 heteroatoms. The Labute approximate surface area is 198 Å². The van der Waals surface area contributed by atoms with E-state index in [4.69, 9.17) is 0 Å². The second-order valence-electron chi connectivity index (χ2n) is 6.84. The molecule has 3 aromatic rings. The summed E-state index contributed by atoms with van der Waals surface area (Å²) in [5.74, 6) is 1.48. The van der Waals surface area contributed by atoms with E-state index >= 15 is 0 Å². The Kier molecular flexibility index (Phi) is 8.28. The predicted molar refractivity (Wildman–Crippen MR) is 130 cm³/mol. The van der Waals surface area contributed by atoms with Crippen LogP contribution in [0, 0.1) is 20.8 Å². The van der Waals surface area contributed by atoms with E-state index in [1.807, 2.05) is 49.6 Å². The minimum Gasteiger partial charge on any atom is -0.324 e. The molecule has 0 fully saturated rings. The van der Waals surface area contributed by atoms with Crippen molar-refractivity contribution in [3.63, 3.8) is 0 Å². The minimum atomic E-state index is -0.109. The van der Waals surface area contributed by atoms with Crippen molar-refractivity contribution in [2.75, 3.05) is 11.1 Å². The summed E-state index contributed by atoms with van der Waals surface area (Å²) < 4.78 is 2.82. The number of hydrogen-bond donors (Lipinski definition) is 1. The molecule has 2 heterocycles. The van der Waals surface area contributed by atoms with Crippen molar-refractivity contribution in [3.8, 4) is 0 Å². The van der Waals surface area contributed by atoms with Crippen LogP contribution in [0.5, 0.6) is 0 Å². The summed E-state index contributed by atoms with van der Waals surface area (Å²) in [5, 5.41) is 12.9. The maximum absolute atomic E-state index is 12.4. The van der Waals surface area contributed by atoms with Crippen molar-refractivity contribution in [2.45, 2.75) is 43.4 Å². The number of allylic oxidation sites excluding steroid dienone is 1. The summed E-state index contributed by atoms with van der Waals surface area (Å²) in [7, 11) is 0. The van der Waals surface area contributed by atoms with Crippen LogP contribution in [0.3, 0.4) is 0 Å². The summed E-state index contributed by atoms with van der Waals surface area (Å²) in [6, 6.07) is 7.75. The van der Waals surface area contributed by atoms with Crippen molar-refractivity contribution in [3.05, 3.63) is 64.2 Å². The molecule has 31 heavy (non-hydrogen) atoms. The van der Waals surface area contributed by atoms with Crippen molar-refractivity contribution in [2.24, 2.45) is 0 Å². The minimum absolute atomic E-state index is 0.109. The fourth-order valence-corrected chi connectivity index (χ4v) is 5.02. The zero-order valence-corrected chi connectivity index (χ0v) is 20.8. The number of nitrogens with zero attached hydrogens (tertiary/aromatic N) is 5. The van der Waals surface area contributed by atoms with E-state index in [1.54, 1.807) is 6.08 Å². The summed E-state index contributed by atoms with van der Waals surface area (Å²) in [4.78, 5) is 21.3. The van der Waals surface area contributed by atoms with Gasteiger partial charge in [0.1, 0.15) is 5.82 Å². The van der Waals surface area contributed by atoms with Crippen LogP contribution in [0.15, 0.2) is 51.7 Å². The molecule has 3 rings (SSSR count). The summed E-state index contributed by atoms with van der Waals surface area (Å²) in [6.45, 7) is 10.3. The van der Waals surface area contributed by atoms with E-state index in [0.717, 1.165) is 32.9 Å². The number of aryl methyl sites for hydroxylation is 3. The molecule has 0 aliphatic carbocycles. The van der Waals surface area contributed by atoms with E-state index in [2.05, 4.69) is 48.0 Å². The Morgan fingerprint density at radius 2 is 1.90 bits per heavy atom. The standard InChI is InChI=1S/C21H23BrN6OS2/c1-5-8-28-18(11-30-20-23-14(3)10-15(4)24-20)26-27-21(28)31-12-19(29)25-17-7-6-13(2)9-16(17)22/h5-7,9-10H,1,8,11-12H2,2-4H3,(H,25,29). The van der Waals surface area contributed by atoms with Gasteiger partial charge in [-0.2, -0.15) is 0 Å². The molecule has 1 N–H and O–H groups in total. The average molecular weight is 519 g/mol. The quantitative estimate of drug-likeness (QED) is 0.243. The van der Waals surface area contributed by atoms with Crippen LogP contribution in [-0.2, 0) is 17.1 Å². The molecule has 0 radical (unpaired) electrons. The normalized spacial score (nSPS) is 10.8. The highest BCUT2D eigenvalue weighted by Crippen LogP contribution is 2.25. The number of halogens is 1. The van der Waals surface area contributed by atoms with Gasteiger partial charge in [-0.05, 0) is 60.5 Å². The molecule has 7 nitrogen and oxygen atoms in total. The molecule has 1 aromatic carbocycles. The lowest BCUT2D eigenvalue weighted by atomic mass is 10.2. The highest BCUT2D eigenvalue weighted by Gasteiger charge is 2.15. The summed E-state index contributed by atoms with van der Waals surface area (Å²) in [6.07, 6.45) is 1.79. The first kappa shape index (κ1) is 23.5. The molecule has 0 saturated carbocycles. The van der Waals surface area contributed by atoms with Gasteiger partial charge < -0.3 is 9.88 Å². The van der Waals surface area contributed by atoms with Crippen LogP contribution in [0.4, 0.5) is 5.69 Å². The van der Waals surface area contributed by atoms with Crippen LogP contribution in [0.1, 0.15) is 22.8 Å². The molecule has 0 spiro atoms. The van der Waals surface area contributed by atoms with Gasteiger partial charge in [0.2, 0.25) is 5.91 Å². The first-order valence-electron chi connectivity index (χ1n) is 9.52. The zero-order valence-electron chi connectivity index (χ0n) is 17.6. The number of thioether (sulfide) groups is 2. The molecule has 0 unspecified atom stereocenters. The van der Waals surface area contributed by atoms with E-state index < -0.39 is 0 Å². The third kappa shape index (κ3) is 6.65. The molecule has 0 saturated heterocycles. The van der Waals surface area contributed by atoms with Crippen molar-refractivity contribution >= 4 is 51.0 Å². The monoisotopic (exact) mass is 518 g/mol. The van der Waals surface area contributed by atoms with Gasteiger partial charge in [-0.25, -0.2) is 9.97 Å². The smallest absolute Gasteiger partial charge is 0.234 e. The number of rotatable bonds is 9.